The lowest BCUT2D eigenvalue weighted by Crippen LogP contribution is -2.23. The zero-order valence-corrected chi connectivity index (χ0v) is 12.6. The molecule has 0 spiro atoms. The Bertz CT molecular complexity index is 568. The van der Waals surface area contributed by atoms with Crippen LogP contribution in [0.5, 0.6) is 0 Å². The third-order valence-corrected chi connectivity index (χ3v) is 4.54. The molecule has 0 aliphatic heterocycles. The molecule has 1 aromatic rings. The van der Waals surface area contributed by atoms with Crippen molar-refractivity contribution in [3.63, 3.8) is 0 Å². The van der Waals surface area contributed by atoms with Gasteiger partial charge in [0.1, 0.15) is 0 Å². The molecule has 1 aromatic carbocycles. The van der Waals surface area contributed by atoms with Crippen molar-refractivity contribution in [3.8, 4) is 11.8 Å². The zero-order chi connectivity index (χ0) is 14.5. The van der Waals surface area contributed by atoms with Gasteiger partial charge in [-0.25, -0.2) is 13.1 Å². The Hall–Kier alpha value is -1.35. The fourth-order valence-electron chi connectivity index (χ4n) is 1.64. The third-order valence-electron chi connectivity index (χ3n) is 3.11. The molecule has 1 unspecified atom stereocenters. The summed E-state index contributed by atoms with van der Waals surface area (Å²) in [6.07, 6.45) is 0. The quantitative estimate of drug-likeness (QED) is 0.834. The lowest BCUT2D eigenvalue weighted by Gasteiger charge is -2.23. The lowest BCUT2D eigenvalue weighted by atomic mass is 10.1. The first-order chi connectivity index (χ1) is 8.92. The molecule has 0 saturated carbocycles. The van der Waals surface area contributed by atoms with Crippen molar-refractivity contribution in [3.05, 3.63) is 29.8 Å². The Morgan fingerprint density at radius 2 is 1.89 bits per heavy atom. The van der Waals surface area contributed by atoms with E-state index in [2.05, 4.69) is 28.4 Å². The van der Waals surface area contributed by atoms with Gasteiger partial charge in [-0.05, 0) is 45.6 Å². The second-order valence-corrected chi connectivity index (χ2v) is 6.18. The first kappa shape index (κ1) is 15.7. The number of nitrogens with one attached hydrogen (secondary N) is 1. The predicted molar refractivity (Wildman–Crippen MR) is 77.2 cm³/mol. The van der Waals surface area contributed by atoms with Crippen LogP contribution in [0.2, 0.25) is 0 Å². The van der Waals surface area contributed by atoms with Gasteiger partial charge in [0.05, 0.1) is 11.4 Å². The third kappa shape index (κ3) is 4.06. The monoisotopic (exact) mass is 280 g/mol. The molecule has 4 nitrogen and oxygen atoms in total. The van der Waals surface area contributed by atoms with Gasteiger partial charge >= 0.3 is 0 Å². The van der Waals surface area contributed by atoms with E-state index < -0.39 is 10.0 Å². The molecular weight excluding hydrogens is 260 g/mol. The molecule has 1 N–H and O–H groups in total. The number of benzene rings is 1. The van der Waals surface area contributed by atoms with Crippen LogP contribution in [0.25, 0.3) is 0 Å². The van der Waals surface area contributed by atoms with Gasteiger partial charge in [0.2, 0.25) is 10.0 Å². The van der Waals surface area contributed by atoms with E-state index in [9.17, 15) is 8.42 Å². The van der Waals surface area contributed by atoms with Crippen molar-refractivity contribution in [2.24, 2.45) is 0 Å². The van der Waals surface area contributed by atoms with Gasteiger partial charge in [-0.1, -0.05) is 18.1 Å². The fourth-order valence-corrected chi connectivity index (χ4v) is 2.37. The summed E-state index contributed by atoms with van der Waals surface area (Å²) < 4.78 is 25.5. The first-order valence-corrected chi connectivity index (χ1v) is 7.54. The minimum absolute atomic E-state index is 0.187. The van der Waals surface area contributed by atoms with E-state index in [1.54, 1.807) is 12.1 Å². The molecule has 0 saturated heterocycles. The smallest absolute Gasteiger partial charge is 0.240 e. The van der Waals surface area contributed by atoms with Crippen molar-refractivity contribution >= 4 is 10.0 Å². The SMILES string of the molecule is CC#CCN(C)C(C)c1ccc(S(=O)(=O)NC)cc1. The molecule has 0 aliphatic carbocycles. The maximum atomic E-state index is 11.6. The van der Waals surface area contributed by atoms with Crippen LogP contribution < -0.4 is 4.72 Å². The Kier molecular flexibility index (Phi) is 5.55. The van der Waals surface area contributed by atoms with E-state index in [0.29, 0.717) is 6.54 Å². The summed E-state index contributed by atoms with van der Waals surface area (Å²) in [6.45, 7) is 4.57. The standard InChI is InChI=1S/C14H20N2O2S/c1-5-6-11-16(4)12(2)13-7-9-14(10-8-13)19(17,18)15-3/h7-10,12,15H,11H2,1-4H3. The largest absolute Gasteiger partial charge is 0.289 e. The average molecular weight is 280 g/mol. The molecule has 0 aromatic heterocycles. The Morgan fingerprint density at radius 3 is 2.37 bits per heavy atom. The Morgan fingerprint density at radius 1 is 1.32 bits per heavy atom. The molecule has 0 aliphatic rings. The Balaban J connectivity index is 2.89. The number of hydrogen-bond donors (Lipinski definition) is 1. The highest BCUT2D eigenvalue weighted by Gasteiger charge is 2.14. The second kappa shape index (κ2) is 6.71. The summed E-state index contributed by atoms with van der Waals surface area (Å²) in [5, 5.41) is 0. The highest BCUT2D eigenvalue weighted by molar-refractivity contribution is 7.89. The topological polar surface area (TPSA) is 49.4 Å². The van der Waals surface area contributed by atoms with Gasteiger partial charge in [0.15, 0.2) is 0 Å². The number of sulfonamides is 1. The van der Waals surface area contributed by atoms with Gasteiger partial charge in [0.25, 0.3) is 0 Å². The summed E-state index contributed by atoms with van der Waals surface area (Å²) in [4.78, 5) is 2.39. The van der Waals surface area contributed by atoms with Gasteiger partial charge in [-0.3, -0.25) is 4.90 Å². The van der Waals surface area contributed by atoms with Crippen LogP contribution in [0.15, 0.2) is 29.2 Å². The summed E-state index contributed by atoms with van der Waals surface area (Å²) >= 11 is 0. The van der Waals surface area contributed by atoms with E-state index in [4.69, 9.17) is 0 Å². The van der Waals surface area contributed by atoms with Gasteiger partial charge in [0, 0.05) is 6.04 Å². The van der Waals surface area contributed by atoms with Crippen molar-refractivity contribution in [2.45, 2.75) is 24.8 Å². The number of nitrogens with zero attached hydrogens (tertiary/aromatic N) is 1. The lowest BCUT2D eigenvalue weighted by molar-refractivity contribution is 0.294. The van der Waals surface area contributed by atoms with Crippen molar-refractivity contribution in [1.82, 2.24) is 9.62 Å². The molecule has 19 heavy (non-hydrogen) atoms. The molecule has 0 radical (unpaired) electrons. The summed E-state index contributed by atoms with van der Waals surface area (Å²) in [6, 6.07) is 7.11. The normalized spacial score (nSPS) is 12.9. The van der Waals surface area contributed by atoms with E-state index >= 15 is 0 Å². The van der Waals surface area contributed by atoms with Crippen molar-refractivity contribution < 1.29 is 8.42 Å². The van der Waals surface area contributed by atoms with Gasteiger partial charge in [-0.2, -0.15) is 0 Å². The average Bonchev–Trinajstić information content (AvgIpc) is 2.44. The molecule has 0 heterocycles. The molecule has 104 valence electrons. The van der Waals surface area contributed by atoms with Crippen LogP contribution >= 0.6 is 0 Å². The molecule has 1 atom stereocenters. The molecule has 0 bridgehead atoms. The Labute approximate surface area is 115 Å². The van der Waals surface area contributed by atoms with Crippen molar-refractivity contribution in [2.75, 3.05) is 20.6 Å². The summed E-state index contributed by atoms with van der Waals surface area (Å²) in [5.74, 6) is 5.88. The van der Waals surface area contributed by atoms with E-state index in [0.717, 1.165) is 5.56 Å². The van der Waals surface area contributed by atoms with Crippen LogP contribution in [0.4, 0.5) is 0 Å². The summed E-state index contributed by atoms with van der Waals surface area (Å²) in [5.41, 5.74) is 1.07. The molecule has 0 amide bonds. The van der Waals surface area contributed by atoms with E-state index in [1.807, 2.05) is 26.1 Å². The molecular formula is C14H20N2O2S. The minimum Gasteiger partial charge on any atom is -0.289 e. The highest BCUT2D eigenvalue weighted by atomic mass is 32.2. The van der Waals surface area contributed by atoms with Crippen LogP contribution in [0.1, 0.15) is 25.5 Å². The van der Waals surface area contributed by atoms with Gasteiger partial charge in [-0.15, -0.1) is 5.92 Å². The van der Waals surface area contributed by atoms with Crippen molar-refractivity contribution in [1.29, 1.82) is 0 Å². The molecule has 0 fully saturated rings. The van der Waals surface area contributed by atoms with E-state index in [-0.39, 0.29) is 10.9 Å². The predicted octanol–water partition coefficient (Wildman–Crippen LogP) is 1.61. The van der Waals surface area contributed by atoms with Crippen LogP contribution in [0, 0.1) is 11.8 Å². The molecule has 1 rings (SSSR count). The fraction of sp³-hybridized carbons (Fsp3) is 0.429. The van der Waals surface area contributed by atoms with Crippen LogP contribution in [-0.4, -0.2) is 34.0 Å². The maximum Gasteiger partial charge on any atom is 0.240 e. The van der Waals surface area contributed by atoms with Crippen LogP contribution in [0.3, 0.4) is 0 Å². The molecule has 5 heteroatoms. The summed E-state index contributed by atoms with van der Waals surface area (Å²) in [7, 11) is 0.0381. The number of hydrogen-bond acceptors (Lipinski definition) is 3. The maximum absolute atomic E-state index is 11.6. The zero-order valence-electron chi connectivity index (χ0n) is 11.8. The second-order valence-electron chi connectivity index (χ2n) is 4.29. The minimum atomic E-state index is -3.36. The van der Waals surface area contributed by atoms with Crippen LogP contribution in [-0.2, 0) is 10.0 Å². The highest BCUT2D eigenvalue weighted by Crippen LogP contribution is 2.20. The first-order valence-electron chi connectivity index (χ1n) is 6.05. The van der Waals surface area contributed by atoms with Gasteiger partial charge < -0.3 is 0 Å². The van der Waals surface area contributed by atoms with E-state index in [1.165, 1.54) is 7.05 Å². The number of rotatable bonds is 5.